The molecule has 3 nitrogen and oxygen atoms in total. The zero-order valence-corrected chi connectivity index (χ0v) is 12.3. The zero-order chi connectivity index (χ0) is 13.3. The van der Waals surface area contributed by atoms with Gasteiger partial charge in [-0.15, -0.1) is 0 Å². The third-order valence-electron chi connectivity index (χ3n) is 2.83. The van der Waals surface area contributed by atoms with E-state index in [1.54, 1.807) is 10.8 Å². The quantitative estimate of drug-likeness (QED) is 0.855. The van der Waals surface area contributed by atoms with E-state index in [-0.39, 0.29) is 5.56 Å². The molecular formula is C14H15BrN2O. The fourth-order valence-electron chi connectivity index (χ4n) is 2.08. The Hall–Kier alpha value is -1.42. The monoisotopic (exact) mass is 306 g/mol. The second-order valence-electron chi connectivity index (χ2n) is 4.54. The molecule has 1 aromatic heterocycles. The van der Waals surface area contributed by atoms with Crippen LogP contribution in [0.1, 0.15) is 22.5 Å². The van der Waals surface area contributed by atoms with E-state index in [9.17, 15) is 4.79 Å². The Morgan fingerprint density at radius 3 is 2.39 bits per heavy atom. The molecule has 2 aromatic rings. The van der Waals surface area contributed by atoms with E-state index < -0.39 is 0 Å². The predicted molar refractivity (Wildman–Crippen MR) is 76.0 cm³/mol. The van der Waals surface area contributed by atoms with Gasteiger partial charge in [-0.3, -0.25) is 9.36 Å². The lowest BCUT2D eigenvalue weighted by Gasteiger charge is -2.10. The van der Waals surface area contributed by atoms with Crippen molar-refractivity contribution >= 4 is 15.9 Å². The summed E-state index contributed by atoms with van der Waals surface area (Å²) in [6, 6.07) is 6.32. The van der Waals surface area contributed by atoms with Crippen LogP contribution in [0, 0.1) is 20.8 Å². The number of nitrogens with zero attached hydrogens (tertiary/aromatic N) is 2. The molecular weight excluding hydrogens is 292 g/mol. The molecule has 0 atom stereocenters. The maximum Gasteiger partial charge on any atom is 0.268 e. The molecule has 0 aliphatic rings. The molecule has 18 heavy (non-hydrogen) atoms. The van der Waals surface area contributed by atoms with Gasteiger partial charge in [0.2, 0.25) is 0 Å². The van der Waals surface area contributed by atoms with Crippen molar-refractivity contribution in [3.63, 3.8) is 0 Å². The van der Waals surface area contributed by atoms with E-state index in [4.69, 9.17) is 0 Å². The first-order chi connectivity index (χ1) is 8.47. The Bertz CT molecular complexity index is 626. The lowest BCUT2D eigenvalue weighted by atomic mass is 10.1. The highest BCUT2D eigenvalue weighted by molar-refractivity contribution is 9.10. The number of hydrogen-bond donors (Lipinski definition) is 0. The normalized spacial score (nSPS) is 10.7. The van der Waals surface area contributed by atoms with E-state index >= 15 is 0 Å². The number of halogens is 1. The van der Waals surface area contributed by atoms with Crippen molar-refractivity contribution in [1.82, 2.24) is 9.55 Å². The van der Waals surface area contributed by atoms with Crippen molar-refractivity contribution in [2.75, 3.05) is 0 Å². The number of aromatic nitrogens is 2. The first-order valence-electron chi connectivity index (χ1n) is 5.76. The van der Waals surface area contributed by atoms with Gasteiger partial charge in [0.05, 0.1) is 6.54 Å². The lowest BCUT2D eigenvalue weighted by Crippen LogP contribution is -2.24. The van der Waals surface area contributed by atoms with Crippen LogP contribution in [0.25, 0.3) is 0 Å². The maximum atomic E-state index is 12.0. The molecule has 0 aliphatic carbocycles. The van der Waals surface area contributed by atoms with E-state index in [2.05, 4.69) is 53.0 Å². The van der Waals surface area contributed by atoms with Gasteiger partial charge in [-0.25, -0.2) is 4.98 Å². The van der Waals surface area contributed by atoms with Crippen LogP contribution in [0.15, 0.2) is 33.7 Å². The molecule has 94 valence electrons. The van der Waals surface area contributed by atoms with Gasteiger partial charge in [0.25, 0.3) is 5.56 Å². The molecule has 2 rings (SSSR count). The van der Waals surface area contributed by atoms with Crippen molar-refractivity contribution in [2.24, 2.45) is 0 Å². The third-order valence-corrected chi connectivity index (χ3v) is 3.37. The average molecular weight is 307 g/mol. The molecule has 1 aromatic carbocycles. The van der Waals surface area contributed by atoms with Gasteiger partial charge in [-0.2, -0.15) is 0 Å². The predicted octanol–water partition coefficient (Wildman–Crippen LogP) is 2.98. The highest BCUT2D eigenvalue weighted by Crippen LogP contribution is 2.11. The van der Waals surface area contributed by atoms with Gasteiger partial charge in [0.1, 0.15) is 10.3 Å². The summed E-state index contributed by atoms with van der Waals surface area (Å²) < 4.78 is 2.18. The van der Waals surface area contributed by atoms with Crippen molar-refractivity contribution < 1.29 is 0 Å². The molecule has 0 amide bonds. The Morgan fingerprint density at radius 1 is 1.17 bits per heavy atom. The largest absolute Gasteiger partial charge is 0.291 e. The van der Waals surface area contributed by atoms with Crippen LogP contribution in [0.4, 0.5) is 0 Å². The minimum Gasteiger partial charge on any atom is -0.291 e. The second kappa shape index (κ2) is 5.06. The molecule has 0 N–H and O–H groups in total. The van der Waals surface area contributed by atoms with Crippen LogP contribution in [-0.2, 0) is 6.54 Å². The highest BCUT2D eigenvalue weighted by atomic mass is 79.9. The van der Waals surface area contributed by atoms with Gasteiger partial charge >= 0.3 is 0 Å². The minimum atomic E-state index is -0.0401. The third kappa shape index (κ3) is 2.70. The molecule has 0 bridgehead atoms. The van der Waals surface area contributed by atoms with E-state index in [0.717, 1.165) is 11.4 Å². The topological polar surface area (TPSA) is 34.9 Å². The summed E-state index contributed by atoms with van der Waals surface area (Å²) in [5.41, 5.74) is 3.50. The summed E-state index contributed by atoms with van der Waals surface area (Å²) in [6.45, 7) is 6.52. The van der Waals surface area contributed by atoms with Gasteiger partial charge < -0.3 is 0 Å². The average Bonchev–Trinajstić information content (AvgIpc) is 2.28. The summed E-state index contributed by atoms with van der Waals surface area (Å²) in [4.78, 5) is 16.2. The van der Waals surface area contributed by atoms with Gasteiger partial charge in [-0.05, 0) is 42.3 Å². The van der Waals surface area contributed by atoms with Crippen LogP contribution < -0.4 is 5.56 Å². The Balaban J connectivity index is 2.46. The first kappa shape index (κ1) is 13.0. The molecule has 0 aliphatic heterocycles. The molecule has 0 saturated heterocycles. The minimum absolute atomic E-state index is 0.0401. The summed E-state index contributed by atoms with van der Waals surface area (Å²) in [5.74, 6) is 0.724. The van der Waals surface area contributed by atoms with E-state index in [0.29, 0.717) is 11.0 Å². The fourth-order valence-corrected chi connectivity index (χ4v) is 2.40. The van der Waals surface area contributed by atoms with Crippen LogP contribution in [0.2, 0.25) is 0 Å². The summed E-state index contributed by atoms with van der Waals surface area (Å²) in [5, 5.41) is 0. The maximum absolute atomic E-state index is 12.0. The highest BCUT2D eigenvalue weighted by Gasteiger charge is 2.06. The first-order valence-corrected chi connectivity index (χ1v) is 6.56. The number of aryl methyl sites for hydroxylation is 3. The molecule has 1 heterocycles. The Labute approximate surface area is 115 Å². The van der Waals surface area contributed by atoms with Crippen LogP contribution in [0.5, 0.6) is 0 Å². The molecule has 0 fully saturated rings. The molecule has 0 saturated carbocycles. The molecule has 0 spiro atoms. The standard InChI is InChI=1S/C14H15BrN2O/c1-9-4-10(2)6-12(5-9)8-17-11(3)16-7-13(15)14(17)18/h4-7H,8H2,1-3H3. The zero-order valence-electron chi connectivity index (χ0n) is 10.7. The smallest absolute Gasteiger partial charge is 0.268 e. The molecule has 4 heteroatoms. The SMILES string of the molecule is Cc1cc(C)cc(Cn2c(C)ncc(Br)c2=O)c1. The van der Waals surface area contributed by atoms with Crippen molar-refractivity contribution in [2.45, 2.75) is 27.3 Å². The Morgan fingerprint density at radius 2 is 1.78 bits per heavy atom. The summed E-state index contributed by atoms with van der Waals surface area (Å²) in [6.07, 6.45) is 1.55. The molecule has 0 unspecified atom stereocenters. The summed E-state index contributed by atoms with van der Waals surface area (Å²) >= 11 is 3.23. The summed E-state index contributed by atoms with van der Waals surface area (Å²) in [7, 11) is 0. The van der Waals surface area contributed by atoms with Crippen LogP contribution in [0.3, 0.4) is 0 Å². The lowest BCUT2D eigenvalue weighted by molar-refractivity contribution is 0.694. The van der Waals surface area contributed by atoms with E-state index in [1.165, 1.54) is 11.1 Å². The van der Waals surface area contributed by atoms with Gasteiger partial charge in [0, 0.05) is 6.20 Å². The van der Waals surface area contributed by atoms with Gasteiger partial charge in [0.15, 0.2) is 0 Å². The van der Waals surface area contributed by atoms with Crippen molar-refractivity contribution in [3.05, 3.63) is 61.7 Å². The van der Waals surface area contributed by atoms with Gasteiger partial charge in [-0.1, -0.05) is 29.3 Å². The molecule has 0 radical (unpaired) electrons. The number of benzene rings is 1. The second-order valence-corrected chi connectivity index (χ2v) is 5.39. The van der Waals surface area contributed by atoms with Crippen molar-refractivity contribution in [1.29, 1.82) is 0 Å². The van der Waals surface area contributed by atoms with Crippen molar-refractivity contribution in [3.8, 4) is 0 Å². The van der Waals surface area contributed by atoms with Crippen LogP contribution in [-0.4, -0.2) is 9.55 Å². The van der Waals surface area contributed by atoms with Crippen LogP contribution >= 0.6 is 15.9 Å². The van der Waals surface area contributed by atoms with E-state index in [1.807, 2.05) is 6.92 Å². The number of rotatable bonds is 2. The Kier molecular flexibility index (Phi) is 3.66. The fraction of sp³-hybridized carbons (Fsp3) is 0.286. The number of hydrogen-bond acceptors (Lipinski definition) is 2.